The molecule has 0 spiro atoms. The van der Waals surface area contributed by atoms with Crippen LogP contribution in [-0.4, -0.2) is 34.3 Å². The average molecular weight is 256 g/mol. The van der Waals surface area contributed by atoms with E-state index < -0.39 is 0 Å². The Hall–Kier alpha value is -1.29. The molecule has 0 aliphatic rings. The fraction of sp³-hybridized carbons (Fsp3) is 0.500. The fourth-order valence-electron chi connectivity index (χ4n) is 1.68. The molecule has 1 aromatic rings. The highest BCUT2D eigenvalue weighted by Crippen LogP contribution is 2.18. The Morgan fingerprint density at radius 1 is 1.53 bits per heavy atom. The van der Waals surface area contributed by atoms with Crippen molar-refractivity contribution in [3.05, 3.63) is 28.9 Å². The molecule has 0 aliphatic heterocycles. The van der Waals surface area contributed by atoms with Crippen LogP contribution in [0.2, 0.25) is 0 Å². The lowest BCUT2D eigenvalue weighted by Crippen LogP contribution is -2.14. The van der Waals surface area contributed by atoms with Crippen LogP contribution in [0.25, 0.3) is 0 Å². The highest BCUT2D eigenvalue weighted by atomic mass is 35.5. The molecule has 17 heavy (non-hydrogen) atoms. The first-order chi connectivity index (χ1) is 7.84. The van der Waals surface area contributed by atoms with Gasteiger partial charge in [0, 0.05) is 26.3 Å². The van der Waals surface area contributed by atoms with E-state index in [0.29, 0.717) is 5.69 Å². The van der Waals surface area contributed by atoms with E-state index in [4.69, 9.17) is 11.6 Å². The quantitative estimate of drug-likeness (QED) is 0.613. The fourth-order valence-corrected chi connectivity index (χ4v) is 1.97. The third-order valence-corrected chi connectivity index (χ3v) is 2.59. The number of allylic oxidation sites excluding steroid dienone is 1. The number of ketones is 1. The van der Waals surface area contributed by atoms with Crippen molar-refractivity contribution in [1.82, 2.24) is 14.5 Å². The van der Waals surface area contributed by atoms with Crippen molar-refractivity contribution in [3.63, 3.8) is 0 Å². The van der Waals surface area contributed by atoms with Gasteiger partial charge in [-0.25, -0.2) is 4.98 Å². The van der Waals surface area contributed by atoms with Crippen LogP contribution in [-0.2, 0) is 0 Å². The number of rotatable bonds is 4. The van der Waals surface area contributed by atoms with Crippen molar-refractivity contribution in [1.29, 1.82) is 0 Å². The minimum atomic E-state index is -0.199. The number of carbonyl (C=O) groups excluding carboxylic acids is 1. The maximum absolute atomic E-state index is 12.1. The van der Waals surface area contributed by atoms with Gasteiger partial charge < -0.3 is 9.47 Å². The van der Waals surface area contributed by atoms with E-state index in [1.54, 1.807) is 17.3 Å². The van der Waals surface area contributed by atoms with Crippen LogP contribution in [0, 0.1) is 6.92 Å². The van der Waals surface area contributed by atoms with E-state index in [9.17, 15) is 4.79 Å². The van der Waals surface area contributed by atoms with E-state index >= 15 is 0 Å². The summed E-state index contributed by atoms with van der Waals surface area (Å²) in [5, 5.41) is 0.191. The van der Waals surface area contributed by atoms with Gasteiger partial charge in [-0.1, -0.05) is 11.6 Å². The molecule has 0 saturated heterocycles. The Bertz CT molecular complexity index is 447. The van der Waals surface area contributed by atoms with Crippen molar-refractivity contribution in [2.45, 2.75) is 26.8 Å². The molecule has 1 rings (SSSR count). The lowest BCUT2D eigenvalue weighted by Gasteiger charge is -2.13. The number of nitrogens with zero attached hydrogens (tertiary/aromatic N) is 3. The highest BCUT2D eigenvalue weighted by molar-refractivity contribution is 6.44. The van der Waals surface area contributed by atoms with Crippen LogP contribution in [0.15, 0.2) is 17.4 Å². The van der Waals surface area contributed by atoms with Crippen LogP contribution in [0.3, 0.4) is 0 Å². The zero-order valence-electron chi connectivity index (χ0n) is 10.9. The number of halogens is 1. The molecule has 1 aromatic heterocycles. The van der Waals surface area contributed by atoms with Gasteiger partial charge in [0.25, 0.3) is 0 Å². The number of hydrogen-bond acceptors (Lipinski definition) is 3. The van der Waals surface area contributed by atoms with Crippen molar-refractivity contribution >= 4 is 17.4 Å². The van der Waals surface area contributed by atoms with E-state index in [0.717, 1.165) is 5.82 Å². The SMILES string of the molecule is Cc1ncc(C(=O)/C(Cl)=C\N(C)C)n1C(C)C. The molecule has 4 nitrogen and oxygen atoms in total. The normalized spacial score (nSPS) is 12.1. The summed E-state index contributed by atoms with van der Waals surface area (Å²) in [6, 6.07) is 0.181. The number of carbonyl (C=O) groups is 1. The zero-order chi connectivity index (χ0) is 13.2. The molecule has 5 heteroatoms. The summed E-state index contributed by atoms with van der Waals surface area (Å²) in [6.07, 6.45) is 3.17. The van der Waals surface area contributed by atoms with E-state index in [1.807, 2.05) is 39.4 Å². The Kier molecular flexibility index (Phi) is 4.34. The molecule has 0 saturated carbocycles. The third-order valence-electron chi connectivity index (χ3n) is 2.32. The summed E-state index contributed by atoms with van der Waals surface area (Å²) in [7, 11) is 3.64. The molecule has 0 bridgehead atoms. The lowest BCUT2D eigenvalue weighted by atomic mass is 10.2. The Balaban J connectivity index is 3.13. The zero-order valence-corrected chi connectivity index (χ0v) is 11.6. The molecule has 94 valence electrons. The second kappa shape index (κ2) is 5.36. The van der Waals surface area contributed by atoms with Gasteiger partial charge in [-0.15, -0.1) is 0 Å². The standard InChI is InChI=1S/C12H18ClN3O/c1-8(2)16-9(3)14-6-11(16)12(17)10(13)7-15(4)5/h6-8H,1-5H3/b10-7+. The van der Waals surface area contributed by atoms with Gasteiger partial charge >= 0.3 is 0 Å². The first kappa shape index (κ1) is 13.8. The minimum absolute atomic E-state index is 0.181. The summed E-state index contributed by atoms with van der Waals surface area (Å²) in [4.78, 5) is 18.0. The summed E-state index contributed by atoms with van der Waals surface area (Å²) in [5.41, 5.74) is 0.528. The Morgan fingerprint density at radius 2 is 2.12 bits per heavy atom. The molecule has 0 amide bonds. The molecule has 0 N–H and O–H groups in total. The predicted octanol–water partition coefficient (Wildman–Crippen LogP) is 2.60. The molecular formula is C12H18ClN3O. The van der Waals surface area contributed by atoms with Crippen LogP contribution >= 0.6 is 11.6 Å². The van der Waals surface area contributed by atoms with Gasteiger partial charge in [-0.05, 0) is 20.8 Å². The van der Waals surface area contributed by atoms with Gasteiger partial charge in [0.05, 0.1) is 6.20 Å². The van der Waals surface area contributed by atoms with Crippen LogP contribution in [0.4, 0.5) is 0 Å². The molecule has 1 heterocycles. The Labute approximate surface area is 107 Å². The maximum atomic E-state index is 12.1. The van der Waals surface area contributed by atoms with Crippen molar-refractivity contribution in [2.24, 2.45) is 0 Å². The van der Waals surface area contributed by atoms with Gasteiger partial charge in [0.15, 0.2) is 0 Å². The van der Waals surface area contributed by atoms with E-state index in [2.05, 4.69) is 4.98 Å². The summed E-state index contributed by atoms with van der Waals surface area (Å²) < 4.78 is 1.88. The summed E-state index contributed by atoms with van der Waals surface area (Å²) >= 11 is 5.98. The molecule has 0 unspecified atom stereocenters. The number of imidazole rings is 1. The van der Waals surface area contributed by atoms with Gasteiger partial charge in [-0.2, -0.15) is 0 Å². The van der Waals surface area contributed by atoms with E-state index in [-0.39, 0.29) is 16.9 Å². The lowest BCUT2D eigenvalue weighted by molar-refractivity contribution is 0.103. The largest absolute Gasteiger partial charge is 0.382 e. The molecule has 0 aliphatic carbocycles. The number of aryl methyl sites for hydroxylation is 1. The minimum Gasteiger partial charge on any atom is -0.382 e. The smallest absolute Gasteiger partial charge is 0.223 e. The van der Waals surface area contributed by atoms with Gasteiger partial charge in [-0.3, -0.25) is 4.79 Å². The second-order valence-electron chi connectivity index (χ2n) is 4.42. The number of Topliss-reactive ketones (excluding diaryl/α,β-unsaturated/α-hetero) is 1. The predicted molar refractivity (Wildman–Crippen MR) is 69.3 cm³/mol. The topological polar surface area (TPSA) is 38.1 Å². The van der Waals surface area contributed by atoms with E-state index in [1.165, 1.54) is 0 Å². The van der Waals surface area contributed by atoms with Crippen molar-refractivity contribution in [3.8, 4) is 0 Å². The van der Waals surface area contributed by atoms with Crippen LogP contribution in [0.1, 0.15) is 36.2 Å². The molecule has 0 fully saturated rings. The Morgan fingerprint density at radius 3 is 2.59 bits per heavy atom. The summed E-state index contributed by atoms with van der Waals surface area (Å²) in [5.74, 6) is 0.618. The van der Waals surface area contributed by atoms with Crippen LogP contribution in [0.5, 0.6) is 0 Å². The number of aromatic nitrogens is 2. The number of hydrogen-bond donors (Lipinski definition) is 0. The van der Waals surface area contributed by atoms with Gasteiger partial charge in [0.2, 0.25) is 5.78 Å². The second-order valence-corrected chi connectivity index (χ2v) is 4.83. The molecule has 0 radical (unpaired) electrons. The molecular weight excluding hydrogens is 238 g/mol. The summed E-state index contributed by atoms with van der Waals surface area (Å²) in [6.45, 7) is 5.89. The first-order valence-electron chi connectivity index (χ1n) is 5.47. The molecule has 0 atom stereocenters. The van der Waals surface area contributed by atoms with Crippen molar-refractivity contribution in [2.75, 3.05) is 14.1 Å². The maximum Gasteiger partial charge on any atom is 0.223 e. The third kappa shape index (κ3) is 3.09. The monoisotopic (exact) mass is 255 g/mol. The van der Waals surface area contributed by atoms with Crippen LogP contribution < -0.4 is 0 Å². The first-order valence-corrected chi connectivity index (χ1v) is 5.84. The molecule has 0 aromatic carbocycles. The highest BCUT2D eigenvalue weighted by Gasteiger charge is 2.19. The average Bonchev–Trinajstić information content (AvgIpc) is 2.57. The van der Waals surface area contributed by atoms with Crippen molar-refractivity contribution < 1.29 is 4.79 Å². The van der Waals surface area contributed by atoms with Gasteiger partial charge in [0.1, 0.15) is 16.6 Å².